The normalized spacial score (nSPS) is 17.5. The third-order valence-corrected chi connectivity index (χ3v) is 4.17. The maximum atomic E-state index is 12.0. The summed E-state index contributed by atoms with van der Waals surface area (Å²) in [5.41, 5.74) is 5.60. The first-order chi connectivity index (χ1) is 9.91. The number of nitrogens with zero attached hydrogens (tertiary/aromatic N) is 3. The number of rotatable bonds is 3. The summed E-state index contributed by atoms with van der Waals surface area (Å²) in [7, 11) is 3.00. The van der Waals surface area contributed by atoms with Crippen molar-refractivity contribution in [2.24, 2.45) is 19.8 Å². The second kappa shape index (κ2) is 4.73. The predicted molar refractivity (Wildman–Crippen MR) is 77.5 cm³/mol. The van der Waals surface area contributed by atoms with E-state index in [-0.39, 0.29) is 22.7 Å². The Morgan fingerprint density at radius 1 is 1.29 bits per heavy atom. The summed E-state index contributed by atoms with van der Waals surface area (Å²) >= 11 is 0. The minimum atomic E-state index is -0.420. The average Bonchev–Trinajstić information content (AvgIpc) is 3.08. The lowest BCUT2D eigenvalue weighted by Gasteiger charge is -2.22. The number of nitrogens with two attached hydrogens (primary N) is 1. The van der Waals surface area contributed by atoms with Gasteiger partial charge >= 0.3 is 5.69 Å². The van der Waals surface area contributed by atoms with Gasteiger partial charge in [-0.05, 0) is 12.8 Å². The van der Waals surface area contributed by atoms with Crippen molar-refractivity contribution in [1.82, 2.24) is 19.1 Å². The summed E-state index contributed by atoms with van der Waals surface area (Å²) in [6.07, 6.45) is 4.06. The van der Waals surface area contributed by atoms with Crippen molar-refractivity contribution in [1.29, 1.82) is 0 Å². The number of imidazole rings is 1. The largest absolute Gasteiger partial charge is 0.463 e. The van der Waals surface area contributed by atoms with E-state index in [1.807, 2.05) is 0 Å². The van der Waals surface area contributed by atoms with Crippen molar-refractivity contribution in [3.63, 3.8) is 0 Å². The number of hydrogen-bond donors (Lipinski definition) is 2. The highest BCUT2D eigenvalue weighted by molar-refractivity contribution is 5.70. The van der Waals surface area contributed by atoms with Crippen LogP contribution in [0.25, 0.3) is 11.2 Å². The fourth-order valence-corrected chi connectivity index (χ4v) is 2.81. The molecular weight excluding hydrogens is 274 g/mol. The number of ether oxygens (including phenoxy) is 1. The zero-order chi connectivity index (χ0) is 15.2. The summed E-state index contributed by atoms with van der Waals surface area (Å²) in [5, 5.41) is 0. The first-order valence-corrected chi connectivity index (χ1v) is 6.99. The Bertz CT molecular complexity index is 794. The first-order valence-electron chi connectivity index (χ1n) is 6.99. The molecule has 2 aromatic rings. The molecule has 2 heterocycles. The molecule has 8 nitrogen and oxygen atoms in total. The fraction of sp³-hybridized carbons (Fsp3) is 0.615. The molecule has 0 atom stereocenters. The van der Waals surface area contributed by atoms with Crippen molar-refractivity contribution in [3.05, 3.63) is 20.8 Å². The maximum absolute atomic E-state index is 12.0. The van der Waals surface area contributed by atoms with Gasteiger partial charge in [0.25, 0.3) is 11.6 Å². The molecule has 21 heavy (non-hydrogen) atoms. The molecule has 1 fully saturated rings. The SMILES string of the molecule is Cn1c(=O)c2[nH]c(OCC3(N)CCCC3)nc2n(C)c1=O. The number of fused-ring (bicyclic) bond motifs is 1. The van der Waals surface area contributed by atoms with Gasteiger partial charge in [-0.2, -0.15) is 4.98 Å². The predicted octanol–water partition coefficient (Wildman–Crippen LogP) is -0.389. The highest BCUT2D eigenvalue weighted by Gasteiger charge is 2.30. The molecule has 114 valence electrons. The first kappa shape index (κ1) is 13.9. The van der Waals surface area contributed by atoms with Crippen LogP contribution in [0.4, 0.5) is 0 Å². The number of aryl methyl sites for hydroxylation is 1. The molecule has 8 heteroatoms. The second-order valence-corrected chi connectivity index (χ2v) is 5.80. The average molecular weight is 293 g/mol. The summed E-state index contributed by atoms with van der Waals surface area (Å²) < 4.78 is 7.96. The molecule has 0 spiro atoms. The molecule has 3 N–H and O–H groups in total. The third-order valence-electron chi connectivity index (χ3n) is 4.17. The van der Waals surface area contributed by atoms with Crippen LogP contribution in [0.5, 0.6) is 6.01 Å². The van der Waals surface area contributed by atoms with Crippen LogP contribution in [0.3, 0.4) is 0 Å². The minimum Gasteiger partial charge on any atom is -0.463 e. The fourth-order valence-electron chi connectivity index (χ4n) is 2.81. The van der Waals surface area contributed by atoms with Gasteiger partial charge in [-0.25, -0.2) is 4.79 Å². The van der Waals surface area contributed by atoms with Gasteiger partial charge < -0.3 is 15.5 Å². The Kier molecular flexibility index (Phi) is 3.12. The molecule has 0 aromatic carbocycles. The zero-order valence-electron chi connectivity index (χ0n) is 12.2. The Labute approximate surface area is 120 Å². The van der Waals surface area contributed by atoms with Gasteiger partial charge in [0.2, 0.25) is 0 Å². The van der Waals surface area contributed by atoms with Gasteiger partial charge in [-0.15, -0.1) is 0 Å². The lowest BCUT2D eigenvalue weighted by molar-refractivity contribution is 0.208. The van der Waals surface area contributed by atoms with E-state index in [2.05, 4.69) is 9.97 Å². The van der Waals surface area contributed by atoms with E-state index in [9.17, 15) is 9.59 Å². The Morgan fingerprint density at radius 2 is 1.95 bits per heavy atom. The second-order valence-electron chi connectivity index (χ2n) is 5.80. The van der Waals surface area contributed by atoms with Crippen LogP contribution < -0.4 is 21.7 Å². The topological polar surface area (TPSA) is 108 Å². The van der Waals surface area contributed by atoms with Gasteiger partial charge in [0.05, 0.1) is 5.54 Å². The van der Waals surface area contributed by atoms with Crippen LogP contribution in [0, 0.1) is 0 Å². The van der Waals surface area contributed by atoms with Crippen LogP contribution in [-0.4, -0.2) is 31.2 Å². The monoisotopic (exact) mass is 293 g/mol. The Hall–Kier alpha value is -2.09. The third kappa shape index (κ3) is 2.25. The summed E-state index contributed by atoms with van der Waals surface area (Å²) in [6, 6.07) is 0.222. The van der Waals surface area contributed by atoms with Gasteiger partial charge in [0.1, 0.15) is 6.61 Å². The lowest BCUT2D eigenvalue weighted by Crippen LogP contribution is -2.42. The van der Waals surface area contributed by atoms with Gasteiger partial charge in [-0.1, -0.05) is 12.8 Å². The van der Waals surface area contributed by atoms with Crippen LogP contribution in [0.1, 0.15) is 25.7 Å². The van der Waals surface area contributed by atoms with Gasteiger partial charge in [0.15, 0.2) is 11.2 Å². The van der Waals surface area contributed by atoms with Crippen molar-refractivity contribution >= 4 is 11.2 Å². The molecule has 3 rings (SSSR count). The van der Waals surface area contributed by atoms with Crippen molar-refractivity contribution in [3.8, 4) is 6.01 Å². The molecule has 0 saturated heterocycles. The number of hydrogen-bond acceptors (Lipinski definition) is 5. The van der Waals surface area contributed by atoms with Crippen molar-refractivity contribution in [2.75, 3.05) is 6.61 Å². The van der Waals surface area contributed by atoms with E-state index < -0.39 is 11.2 Å². The van der Waals surface area contributed by atoms with Gasteiger partial charge in [0, 0.05) is 14.1 Å². The summed E-state index contributed by atoms with van der Waals surface area (Å²) in [6.45, 7) is 0.348. The number of nitrogens with one attached hydrogen (secondary N) is 1. The van der Waals surface area contributed by atoms with E-state index in [1.165, 1.54) is 11.6 Å². The van der Waals surface area contributed by atoms with Crippen LogP contribution in [0.15, 0.2) is 9.59 Å². The van der Waals surface area contributed by atoms with E-state index in [0.717, 1.165) is 30.3 Å². The minimum absolute atomic E-state index is 0.222. The summed E-state index contributed by atoms with van der Waals surface area (Å²) in [5.74, 6) is 0. The highest BCUT2D eigenvalue weighted by atomic mass is 16.5. The van der Waals surface area contributed by atoms with Crippen LogP contribution in [-0.2, 0) is 14.1 Å². The number of H-pyrrole nitrogens is 1. The number of aromatic nitrogens is 4. The smallest absolute Gasteiger partial charge is 0.332 e. The Morgan fingerprint density at radius 3 is 2.62 bits per heavy atom. The maximum Gasteiger partial charge on any atom is 0.332 e. The number of aromatic amines is 1. The highest BCUT2D eigenvalue weighted by Crippen LogP contribution is 2.27. The van der Waals surface area contributed by atoms with Crippen LogP contribution >= 0.6 is 0 Å². The molecule has 0 unspecified atom stereocenters. The van der Waals surface area contributed by atoms with E-state index in [4.69, 9.17) is 10.5 Å². The van der Waals surface area contributed by atoms with Gasteiger partial charge in [-0.3, -0.25) is 13.9 Å². The van der Waals surface area contributed by atoms with Crippen LogP contribution in [0.2, 0.25) is 0 Å². The molecule has 1 aliphatic carbocycles. The zero-order valence-corrected chi connectivity index (χ0v) is 12.2. The Balaban J connectivity index is 1.95. The van der Waals surface area contributed by atoms with E-state index in [0.29, 0.717) is 6.61 Å². The molecule has 0 aliphatic heterocycles. The molecule has 0 bridgehead atoms. The molecule has 2 aromatic heterocycles. The molecular formula is C13H19N5O3. The summed E-state index contributed by atoms with van der Waals surface area (Å²) in [4.78, 5) is 30.9. The van der Waals surface area contributed by atoms with E-state index >= 15 is 0 Å². The van der Waals surface area contributed by atoms with E-state index in [1.54, 1.807) is 7.05 Å². The van der Waals surface area contributed by atoms with Crippen molar-refractivity contribution in [2.45, 2.75) is 31.2 Å². The lowest BCUT2D eigenvalue weighted by atomic mass is 10.0. The quantitative estimate of drug-likeness (QED) is 0.801. The standard InChI is InChI=1S/C13H19N5O3/c1-17-9-8(10(19)18(2)12(17)20)15-11(16-9)21-7-13(14)5-3-4-6-13/h3-7,14H2,1-2H3,(H,15,16). The molecule has 1 saturated carbocycles. The van der Waals surface area contributed by atoms with Crippen molar-refractivity contribution < 1.29 is 4.74 Å². The molecule has 0 radical (unpaired) electrons. The molecule has 0 amide bonds. The molecule has 1 aliphatic rings.